The van der Waals surface area contributed by atoms with E-state index in [-0.39, 0.29) is 17.5 Å². The molecule has 7 heteroatoms. The van der Waals surface area contributed by atoms with Gasteiger partial charge in [-0.3, -0.25) is 4.79 Å². The fraction of sp³-hybridized carbons (Fsp3) is 0.200. The van der Waals surface area contributed by atoms with Crippen molar-refractivity contribution in [1.29, 1.82) is 0 Å². The monoisotopic (exact) mass is 402 g/mol. The molecule has 0 N–H and O–H groups in total. The van der Waals surface area contributed by atoms with E-state index in [1.165, 1.54) is 12.1 Å². The van der Waals surface area contributed by atoms with Gasteiger partial charge in [-0.05, 0) is 49.2 Å². The number of ether oxygens (including phenoxy) is 1. The van der Waals surface area contributed by atoms with Crippen LogP contribution < -0.4 is 9.64 Å². The van der Waals surface area contributed by atoms with Gasteiger partial charge in [-0.15, -0.1) is 11.3 Å². The zero-order chi connectivity index (χ0) is 19.0. The molecular weight excluding hydrogens is 387 g/mol. The third kappa shape index (κ3) is 3.68. The maximum absolute atomic E-state index is 13.1. The number of hydrogen-bond acceptors (Lipinski definition) is 4. The van der Waals surface area contributed by atoms with Crippen LogP contribution >= 0.6 is 22.9 Å². The zero-order valence-electron chi connectivity index (χ0n) is 14.5. The van der Waals surface area contributed by atoms with Crippen LogP contribution in [0.2, 0.25) is 5.02 Å². The summed E-state index contributed by atoms with van der Waals surface area (Å²) in [6.07, 6.45) is 0.787. The van der Waals surface area contributed by atoms with Gasteiger partial charge in [-0.2, -0.15) is 0 Å². The standard InChI is InChI=1S/C20H16ClFN2O2S/c1-12-23-17(11-27-12)13-2-4-18-14(8-13)6-7-24(18)20(25)10-26-19-5-3-15(22)9-16(19)21/h2-5,8-9,11H,6-7,10H2,1H3. The maximum Gasteiger partial charge on any atom is 0.264 e. The molecule has 138 valence electrons. The molecule has 1 aliphatic heterocycles. The first-order valence-corrected chi connectivity index (χ1v) is 9.70. The molecule has 1 aromatic heterocycles. The fourth-order valence-electron chi connectivity index (χ4n) is 3.13. The van der Waals surface area contributed by atoms with E-state index in [1.807, 2.05) is 24.4 Å². The highest BCUT2D eigenvalue weighted by atomic mass is 35.5. The molecule has 2 heterocycles. The summed E-state index contributed by atoms with van der Waals surface area (Å²) in [5.74, 6) is -0.315. The van der Waals surface area contributed by atoms with Crippen molar-refractivity contribution in [3.05, 3.63) is 63.2 Å². The Bertz CT molecular complexity index is 1020. The van der Waals surface area contributed by atoms with Crippen molar-refractivity contribution in [2.24, 2.45) is 0 Å². The van der Waals surface area contributed by atoms with Gasteiger partial charge in [0.05, 0.1) is 15.7 Å². The summed E-state index contributed by atoms with van der Waals surface area (Å²) in [5.41, 5.74) is 4.02. The smallest absolute Gasteiger partial charge is 0.264 e. The van der Waals surface area contributed by atoms with Crippen molar-refractivity contribution >= 4 is 34.5 Å². The number of halogens is 2. The zero-order valence-corrected chi connectivity index (χ0v) is 16.1. The number of rotatable bonds is 4. The number of hydrogen-bond donors (Lipinski definition) is 0. The van der Waals surface area contributed by atoms with Crippen LogP contribution in [-0.4, -0.2) is 24.0 Å². The Kier molecular flexibility index (Phi) is 4.85. The van der Waals surface area contributed by atoms with E-state index in [0.29, 0.717) is 12.3 Å². The molecule has 0 unspecified atom stereocenters. The Labute approximate surface area is 165 Å². The van der Waals surface area contributed by atoms with Gasteiger partial charge in [0.2, 0.25) is 0 Å². The van der Waals surface area contributed by atoms with Crippen LogP contribution in [0.1, 0.15) is 10.6 Å². The number of carbonyl (C=O) groups excluding carboxylic acids is 1. The molecule has 0 atom stereocenters. The van der Waals surface area contributed by atoms with Crippen LogP contribution in [-0.2, 0) is 11.2 Å². The molecule has 0 radical (unpaired) electrons. The molecule has 0 saturated carbocycles. The van der Waals surface area contributed by atoms with Gasteiger partial charge in [-0.1, -0.05) is 17.7 Å². The van der Waals surface area contributed by atoms with Crippen LogP contribution in [0.4, 0.5) is 10.1 Å². The largest absolute Gasteiger partial charge is 0.482 e. The van der Waals surface area contributed by atoms with Crippen molar-refractivity contribution in [1.82, 2.24) is 4.98 Å². The Morgan fingerprint density at radius 2 is 2.19 bits per heavy atom. The first kappa shape index (κ1) is 17.9. The molecule has 4 rings (SSSR count). The predicted molar refractivity (Wildman–Crippen MR) is 105 cm³/mol. The molecule has 1 amide bonds. The van der Waals surface area contributed by atoms with E-state index in [2.05, 4.69) is 11.1 Å². The average molecular weight is 403 g/mol. The number of amides is 1. The lowest BCUT2D eigenvalue weighted by Crippen LogP contribution is -2.33. The van der Waals surface area contributed by atoms with Crippen LogP contribution in [0.25, 0.3) is 11.3 Å². The minimum absolute atomic E-state index is 0.146. The molecule has 0 spiro atoms. The normalized spacial score (nSPS) is 12.9. The number of anilines is 1. The van der Waals surface area contributed by atoms with Crippen molar-refractivity contribution < 1.29 is 13.9 Å². The first-order valence-electron chi connectivity index (χ1n) is 8.45. The summed E-state index contributed by atoms with van der Waals surface area (Å²) in [5, 5.41) is 3.21. The molecule has 1 aliphatic rings. The maximum atomic E-state index is 13.1. The number of thiazole rings is 1. The van der Waals surface area contributed by atoms with Crippen LogP contribution in [0.15, 0.2) is 41.8 Å². The first-order chi connectivity index (χ1) is 13.0. The summed E-state index contributed by atoms with van der Waals surface area (Å²) in [6.45, 7) is 2.43. The van der Waals surface area contributed by atoms with Crippen molar-refractivity contribution in [2.45, 2.75) is 13.3 Å². The van der Waals surface area contributed by atoms with Gasteiger partial charge in [0.25, 0.3) is 5.91 Å². The second kappa shape index (κ2) is 7.29. The lowest BCUT2D eigenvalue weighted by atomic mass is 10.1. The van der Waals surface area contributed by atoms with Gasteiger partial charge in [0.1, 0.15) is 11.6 Å². The minimum atomic E-state index is -0.446. The highest BCUT2D eigenvalue weighted by Gasteiger charge is 2.25. The Balaban J connectivity index is 1.47. The van der Waals surface area contributed by atoms with E-state index < -0.39 is 5.82 Å². The third-order valence-electron chi connectivity index (χ3n) is 4.44. The van der Waals surface area contributed by atoms with E-state index in [4.69, 9.17) is 16.3 Å². The molecule has 27 heavy (non-hydrogen) atoms. The summed E-state index contributed by atoms with van der Waals surface area (Å²) < 4.78 is 18.6. The topological polar surface area (TPSA) is 42.4 Å². The van der Waals surface area contributed by atoms with Crippen molar-refractivity contribution in [3.8, 4) is 17.0 Å². The van der Waals surface area contributed by atoms with Crippen LogP contribution in [0.5, 0.6) is 5.75 Å². The predicted octanol–water partition coefficient (Wildman–Crippen LogP) is 4.88. The van der Waals surface area contributed by atoms with Gasteiger partial charge in [0.15, 0.2) is 6.61 Å². The lowest BCUT2D eigenvalue weighted by molar-refractivity contribution is -0.120. The van der Waals surface area contributed by atoms with Crippen LogP contribution in [0, 0.1) is 12.7 Å². The van der Waals surface area contributed by atoms with E-state index >= 15 is 0 Å². The molecule has 3 aromatic rings. The third-order valence-corrected chi connectivity index (χ3v) is 5.50. The van der Waals surface area contributed by atoms with Gasteiger partial charge < -0.3 is 9.64 Å². The van der Waals surface area contributed by atoms with Crippen LogP contribution in [0.3, 0.4) is 0 Å². The summed E-state index contributed by atoms with van der Waals surface area (Å²) in [6, 6.07) is 9.86. The number of aromatic nitrogens is 1. The fourth-order valence-corrected chi connectivity index (χ4v) is 3.97. The quantitative estimate of drug-likeness (QED) is 0.624. The van der Waals surface area contributed by atoms with Crippen molar-refractivity contribution in [3.63, 3.8) is 0 Å². The highest BCUT2D eigenvalue weighted by Crippen LogP contribution is 2.33. The van der Waals surface area contributed by atoms with E-state index in [9.17, 15) is 9.18 Å². The van der Waals surface area contributed by atoms with E-state index in [1.54, 1.807) is 16.2 Å². The summed E-state index contributed by atoms with van der Waals surface area (Å²) in [7, 11) is 0. The molecule has 4 nitrogen and oxygen atoms in total. The molecule has 0 saturated heterocycles. The Hall–Kier alpha value is -2.44. The Morgan fingerprint density at radius 3 is 2.93 bits per heavy atom. The SMILES string of the molecule is Cc1nc(-c2ccc3c(c2)CCN3C(=O)COc2ccc(F)cc2Cl)cs1. The van der Waals surface area contributed by atoms with Gasteiger partial charge in [-0.25, -0.2) is 9.37 Å². The number of aryl methyl sites for hydroxylation is 1. The Morgan fingerprint density at radius 1 is 1.33 bits per heavy atom. The molecule has 0 bridgehead atoms. The summed E-state index contributed by atoms with van der Waals surface area (Å²) >= 11 is 7.55. The van der Waals surface area contributed by atoms with Crippen molar-refractivity contribution in [2.75, 3.05) is 18.1 Å². The highest BCUT2D eigenvalue weighted by molar-refractivity contribution is 7.09. The molecule has 0 aliphatic carbocycles. The number of benzene rings is 2. The lowest BCUT2D eigenvalue weighted by Gasteiger charge is -2.18. The number of carbonyl (C=O) groups is 1. The second-order valence-electron chi connectivity index (χ2n) is 6.25. The molecular formula is C20H16ClFN2O2S. The van der Waals surface area contributed by atoms with E-state index in [0.717, 1.165) is 40.0 Å². The van der Waals surface area contributed by atoms with Gasteiger partial charge in [0, 0.05) is 23.2 Å². The van der Waals surface area contributed by atoms with Gasteiger partial charge >= 0.3 is 0 Å². The minimum Gasteiger partial charge on any atom is -0.482 e. The number of nitrogens with zero attached hydrogens (tertiary/aromatic N) is 2. The second-order valence-corrected chi connectivity index (χ2v) is 7.72. The summed E-state index contributed by atoms with van der Waals surface area (Å²) in [4.78, 5) is 18.8. The molecule has 2 aromatic carbocycles. The average Bonchev–Trinajstić information content (AvgIpc) is 3.26. The number of fused-ring (bicyclic) bond motifs is 1. The molecule has 0 fully saturated rings.